The molecule has 0 heterocycles. The van der Waals surface area contributed by atoms with E-state index in [-0.39, 0.29) is 25.6 Å². The number of aliphatic hydroxyl groups excluding tert-OH is 1. The van der Waals surface area contributed by atoms with Crippen LogP contribution in [0.15, 0.2) is 24.3 Å². The predicted octanol–water partition coefficient (Wildman–Crippen LogP) is 0.850. The van der Waals surface area contributed by atoms with E-state index in [9.17, 15) is 9.59 Å². The zero-order valence-corrected chi connectivity index (χ0v) is 11.6. The molecule has 1 rings (SSSR count). The maximum Gasteiger partial charge on any atom is 0.308 e. The summed E-state index contributed by atoms with van der Waals surface area (Å²) in [4.78, 5) is 24.5. The highest BCUT2D eigenvalue weighted by atomic mass is 16.5. The largest absolute Gasteiger partial charge is 0.497 e. The van der Waals surface area contributed by atoms with Gasteiger partial charge in [-0.1, -0.05) is 13.0 Å². The number of carbonyl (C=O) groups excluding carboxylic acids is 1. The number of rotatable bonds is 7. The summed E-state index contributed by atoms with van der Waals surface area (Å²) < 4.78 is 5.05. The van der Waals surface area contributed by atoms with Crippen molar-refractivity contribution in [2.24, 2.45) is 5.92 Å². The molecule has 0 saturated heterocycles. The molecule has 0 saturated carbocycles. The number of carboxylic acid groups (broad SMARTS) is 1. The summed E-state index contributed by atoms with van der Waals surface area (Å²) >= 11 is 0. The zero-order chi connectivity index (χ0) is 15.1. The summed E-state index contributed by atoms with van der Waals surface area (Å²) in [6, 6.07) is 6.61. The van der Waals surface area contributed by atoms with Crippen LogP contribution in [0.2, 0.25) is 0 Å². The first kappa shape index (κ1) is 16.0. The van der Waals surface area contributed by atoms with Crippen molar-refractivity contribution in [2.75, 3.05) is 26.8 Å². The summed E-state index contributed by atoms with van der Waals surface area (Å²) in [6.07, 6.45) is 0. The molecule has 0 aromatic heterocycles. The first-order chi connectivity index (χ1) is 9.49. The maximum absolute atomic E-state index is 12.3. The number of aliphatic hydroxyl groups is 1. The Balaban J connectivity index is 2.89. The predicted molar refractivity (Wildman–Crippen MR) is 72.8 cm³/mol. The second-order valence-electron chi connectivity index (χ2n) is 4.45. The number of amides is 1. The number of benzene rings is 1. The molecule has 0 spiro atoms. The van der Waals surface area contributed by atoms with Crippen LogP contribution in [0, 0.1) is 5.92 Å². The van der Waals surface area contributed by atoms with Crippen LogP contribution in [0.4, 0.5) is 0 Å². The lowest BCUT2D eigenvalue weighted by molar-refractivity contribution is -0.141. The van der Waals surface area contributed by atoms with E-state index >= 15 is 0 Å². The van der Waals surface area contributed by atoms with Gasteiger partial charge in [0.15, 0.2) is 0 Å². The quantitative estimate of drug-likeness (QED) is 0.773. The van der Waals surface area contributed by atoms with E-state index < -0.39 is 11.9 Å². The Labute approximate surface area is 117 Å². The van der Waals surface area contributed by atoms with Gasteiger partial charge in [-0.15, -0.1) is 0 Å². The molecule has 1 atom stereocenters. The summed E-state index contributed by atoms with van der Waals surface area (Å²) in [5.74, 6) is -1.46. The number of nitrogens with zero attached hydrogens (tertiary/aromatic N) is 1. The number of carbonyl (C=O) groups is 2. The molecule has 1 aromatic rings. The summed E-state index contributed by atoms with van der Waals surface area (Å²) in [7, 11) is 1.50. The lowest BCUT2D eigenvalue weighted by Gasteiger charge is -2.23. The van der Waals surface area contributed by atoms with Gasteiger partial charge in [-0.3, -0.25) is 9.59 Å². The summed E-state index contributed by atoms with van der Waals surface area (Å²) in [5.41, 5.74) is 0.399. The lowest BCUT2D eigenvalue weighted by Crippen LogP contribution is -2.38. The van der Waals surface area contributed by atoms with E-state index in [4.69, 9.17) is 14.9 Å². The molecule has 1 aromatic carbocycles. The molecule has 2 N–H and O–H groups in total. The molecule has 6 heteroatoms. The van der Waals surface area contributed by atoms with Crippen LogP contribution in [0.25, 0.3) is 0 Å². The third-order valence-electron chi connectivity index (χ3n) is 2.89. The number of methoxy groups -OCH3 is 1. The third kappa shape index (κ3) is 4.24. The Hall–Kier alpha value is -2.08. The average molecular weight is 281 g/mol. The van der Waals surface area contributed by atoms with Crippen LogP contribution in [0.1, 0.15) is 17.3 Å². The van der Waals surface area contributed by atoms with Crippen molar-refractivity contribution in [3.05, 3.63) is 29.8 Å². The van der Waals surface area contributed by atoms with E-state index in [1.54, 1.807) is 24.3 Å². The highest BCUT2D eigenvalue weighted by Crippen LogP contribution is 2.15. The van der Waals surface area contributed by atoms with Gasteiger partial charge in [0, 0.05) is 18.7 Å². The van der Waals surface area contributed by atoms with Crippen LogP contribution < -0.4 is 4.74 Å². The Morgan fingerprint density at radius 1 is 1.40 bits per heavy atom. The highest BCUT2D eigenvalue weighted by molar-refractivity contribution is 5.94. The van der Waals surface area contributed by atoms with Crippen LogP contribution in [0.5, 0.6) is 5.75 Å². The standard InChI is InChI=1S/C14H19NO5/c1-10(14(18)19)9-15(6-7-16)13(17)11-4-3-5-12(8-11)20-2/h3-5,8,10,16H,6-7,9H2,1-2H3,(H,18,19). The van der Waals surface area contributed by atoms with Crippen molar-refractivity contribution in [3.63, 3.8) is 0 Å². The average Bonchev–Trinajstić information content (AvgIpc) is 2.45. The molecule has 1 unspecified atom stereocenters. The van der Waals surface area contributed by atoms with Gasteiger partial charge >= 0.3 is 5.97 Å². The Morgan fingerprint density at radius 2 is 2.10 bits per heavy atom. The van der Waals surface area contributed by atoms with Crippen LogP contribution in [-0.4, -0.2) is 53.8 Å². The lowest BCUT2D eigenvalue weighted by atomic mass is 10.1. The van der Waals surface area contributed by atoms with Gasteiger partial charge in [-0.05, 0) is 18.2 Å². The number of ether oxygens (including phenoxy) is 1. The van der Waals surface area contributed by atoms with Gasteiger partial charge in [-0.25, -0.2) is 0 Å². The van der Waals surface area contributed by atoms with Gasteiger partial charge in [-0.2, -0.15) is 0 Å². The van der Waals surface area contributed by atoms with Gasteiger partial charge in [0.25, 0.3) is 5.91 Å². The molecule has 1 amide bonds. The van der Waals surface area contributed by atoms with Gasteiger partial charge in [0.05, 0.1) is 19.6 Å². The minimum atomic E-state index is -0.980. The van der Waals surface area contributed by atoms with Crippen molar-refractivity contribution >= 4 is 11.9 Å². The van der Waals surface area contributed by atoms with E-state index in [1.807, 2.05) is 0 Å². The van der Waals surface area contributed by atoms with Crippen molar-refractivity contribution in [3.8, 4) is 5.75 Å². The van der Waals surface area contributed by atoms with E-state index in [0.717, 1.165) is 0 Å². The fourth-order valence-electron chi connectivity index (χ4n) is 1.74. The smallest absolute Gasteiger partial charge is 0.308 e. The first-order valence-electron chi connectivity index (χ1n) is 6.26. The Kier molecular flexibility index (Phi) is 5.99. The van der Waals surface area contributed by atoms with E-state index in [0.29, 0.717) is 11.3 Å². The molecule has 110 valence electrons. The fraction of sp³-hybridized carbons (Fsp3) is 0.429. The molecule has 0 fully saturated rings. The molecular weight excluding hydrogens is 262 g/mol. The molecular formula is C14H19NO5. The molecule has 0 radical (unpaired) electrons. The minimum absolute atomic E-state index is 0.0476. The van der Waals surface area contributed by atoms with Gasteiger partial charge in [0.1, 0.15) is 5.75 Å². The SMILES string of the molecule is COc1cccc(C(=O)N(CCO)CC(C)C(=O)O)c1. The number of hydrogen-bond donors (Lipinski definition) is 2. The van der Waals surface area contributed by atoms with E-state index in [2.05, 4.69) is 0 Å². The van der Waals surface area contributed by atoms with Crippen LogP contribution in [-0.2, 0) is 4.79 Å². The first-order valence-corrected chi connectivity index (χ1v) is 6.26. The normalized spacial score (nSPS) is 11.8. The molecule has 0 aliphatic carbocycles. The van der Waals surface area contributed by atoms with Crippen molar-refractivity contribution in [1.82, 2.24) is 4.90 Å². The third-order valence-corrected chi connectivity index (χ3v) is 2.89. The molecule has 0 bridgehead atoms. The van der Waals surface area contributed by atoms with Crippen LogP contribution >= 0.6 is 0 Å². The van der Waals surface area contributed by atoms with Crippen molar-refractivity contribution < 1.29 is 24.5 Å². The summed E-state index contributed by atoms with van der Waals surface area (Å²) in [5, 5.41) is 17.9. The van der Waals surface area contributed by atoms with Gasteiger partial charge in [0.2, 0.25) is 0 Å². The zero-order valence-electron chi connectivity index (χ0n) is 11.6. The molecule has 6 nitrogen and oxygen atoms in total. The van der Waals surface area contributed by atoms with Crippen molar-refractivity contribution in [2.45, 2.75) is 6.92 Å². The number of aliphatic carboxylic acids is 1. The second-order valence-corrected chi connectivity index (χ2v) is 4.45. The number of hydrogen-bond acceptors (Lipinski definition) is 4. The Bertz CT molecular complexity index is 474. The van der Waals surface area contributed by atoms with Gasteiger partial charge < -0.3 is 19.8 Å². The maximum atomic E-state index is 12.3. The van der Waals surface area contributed by atoms with Crippen molar-refractivity contribution in [1.29, 1.82) is 0 Å². The topological polar surface area (TPSA) is 87.1 Å². The van der Waals surface area contributed by atoms with E-state index in [1.165, 1.54) is 18.9 Å². The molecule has 20 heavy (non-hydrogen) atoms. The second kappa shape index (κ2) is 7.49. The minimum Gasteiger partial charge on any atom is -0.497 e. The molecule has 0 aliphatic rings. The Morgan fingerprint density at radius 3 is 2.65 bits per heavy atom. The molecule has 0 aliphatic heterocycles. The fourth-order valence-corrected chi connectivity index (χ4v) is 1.74. The van der Waals surface area contributed by atoms with Crippen LogP contribution in [0.3, 0.4) is 0 Å². The summed E-state index contributed by atoms with van der Waals surface area (Å²) in [6.45, 7) is 1.44. The monoisotopic (exact) mass is 281 g/mol. The number of carboxylic acids is 1. The highest BCUT2D eigenvalue weighted by Gasteiger charge is 2.21.